The van der Waals surface area contributed by atoms with Gasteiger partial charge in [-0.25, -0.2) is 5.53 Å². The van der Waals surface area contributed by atoms with Gasteiger partial charge in [0.2, 0.25) is 6.79 Å². The van der Waals surface area contributed by atoms with Crippen LogP contribution < -0.4 is 19.7 Å². The van der Waals surface area contributed by atoms with E-state index >= 15 is 0 Å². The maximum atomic E-state index is 5.55. The fraction of sp³-hybridized carbons (Fsp3) is 0.174. The first-order valence-electron chi connectivity index (χ1n) is 9.75. The Morgan fingerprint density at radius 2 is 1.67 bits per heavy atom. The van der Waals surface area contributed by atoms with Gasteiger partial charge >= 0.3 is 0 Å². The Morgan fingerprint density at radius 1 is 0.900 bits per heavy atom. The Hall–Kier alpha value is -3.71. The van der Waals surface area contributed by atoms with E-state index in [0.29, 0.717) is 13.1 Å². The van der Waals surface area contributed by atoms with E-state index in [1.807, 2.05) is 47.6 Å². The maximum absolute atomic E-state index is 5.55. The molecule has 30 heavy (non-hydrogen) atoms. The van der Waals surface area contributed by atoms with Crippen LogP contribution in [0.3, 0.4) is 0 Å². The fourth-order valence-electron chi connectivity index (χ4n) is 3.53. The highest BCUT2D eigenvalue weighted by molar-refractivity contribution is 5.98. The minimum atomic E-state index is 0.268. The van der Waals surface area contributed by atoms with E-state index in [-0.39, 0.29) is 6.79 Å². The molecule has 0 spiro atoms. The Balaban J connectivity index is 1.41. The number of amidine groups is 1. The standard InChI is InChI=1S/C23H22N4O3/c1-28-20-10-7-17(8-11-20)15-27-25-24-23(19-5-3-2-4-6-19)26(27)14-18-9-12-21-22(13-18)30-16-29-21/h2-13,25H,14-16H2,1H3. The van der Waals surface area contributed by atoms with Crippen LogP contribution in [-0.2, 0) is 13.1 Å². The topological polar surface area (TPSA) is 58.6 Å². The summed E-state index contributed by atoms with van der Waals surface area (Å²) < 4.78 is 16.3. The first-order chi connectivity index (χ1) is 14.8. The predicted molar refractivity (Wildman–Crippen MR) is 113 cm³/mol. The van der Waals surface area contributed by atoms with Crippen LogP contribution in [0.4, 0.5) is 0 Å². The van der Waals surface area contributed by atoms with E-state index in [0.717, 1.165) is 39.8 Å². The monoisotopic (exact) mass is 402 g/mol. The van der Waals surface area contributed by atoms with Crippen LogP contribution in [0.5, 0.6) is 17.2 Å². The van der Waals surface area contributed by atoms with E-state index in [2.05, 4.69) is 46.0 Å². The van der Waals surface area contributed by atoms with E-state index in [4.69, 9.17) is 14.2 Å². The van der Waals surface area contributed by atoms with Crippen molar-refractivity contribution in [3.8, 4) is 17.2 Å². The van der Waals surface area contributed by atoms with Gasteiger partial charge in [0.1, 0.15) is 5.75 Å². The molecule has 2 heterocycles. The van der Waals surface area contributed by atoms with Gasteiger partial charge in [-0.1, -0.05) is 48.5 Å². The molecule has 3 aromatic rings. The highest BCUT2D eigenvalue weighted by Gasteiger charge is 2.28. The third kappa shape index (κ3) is 3.62. The number of fused-ring (bicyclic) bond motifs is 1. The summed E-state index contributed by atoms with van der Waals surface area (Å²) in [6.45, 7) is 1.55. The van der Waals surface area contributed by atoms with Crippen LogP contribution >= 0.6 is 0 Å². The summed E-state index contributed by atoms with van der Waals surface area (Å²) in [5.41, 5.74) is 6.45. The quantitative estimate of drug-likeness (QED) is 0.681. The lowest BCUT2D eigenvalue weighted by Gasteiger charge is -2.29. The first kappa shape index (κ1) is 18.3. The van der Waals surface area contributed by atoms with Crippen molar-refractivity contribution in [3.05, 3.63) is 89.5 Å². The van der Waals surface area contributed by atoms with Crippen molar-refractivity contribution in [1.29, 1.82) is 0 Å². The highest BCUT2D eigenvalue weighted by atomic mass is 16.7. The lowest BCUT2D eigenvalue weighted by atomic mass is 10.1. The van der Waals surface area contributed by atoms with Crippen LogP contribution in [0.2, 0.25) is 0 Å². The summed E-state index contributed by atoms with van der Waals surface area (Å²) in [7, 11) is 1.67. The lowest BCUT2D eigenvalue weighted by Crippen LogP contribution is -2.44. The number of hydrogen-bond donors (Lipinski definition) is 1. The number of hydrogen-bond acceptors (Lipinski definition) is 7. The maximum Gasteiger partial charge on any atom is 0.231 e. The van der Waals surface area contributed by atoms with Crippen molar-refractivity contribution in [2.75, 3.05) is 13.9 Å². The minimum Gasteiger partial charge on any atom is -0.497 e. The molecule has 0 aromatic heterocycles. The van der Waals surface area contributed by atoms with Crippen molar-refractivity contribution < 1.29 is 14.2 Å². The molecule has 0 aliphatic carbocycles. The van der Waals surface area contributed by atoms with Gasteiger partial charge in [0.25, 0.3) is 0 Å². The number of hydrazine groups is 2. The molecule has 3 aromatic carbocycles. The Kier molecular flexibility index (Phi) is 4.86. The van der Waals surface area contributed by atoms with Crippen LogP contribution in [0, 0.1) is 0 Å². The van der Waals surface area contributed by atoms with Gasteiger partial charge < -0.3 is 14.2 Å². The third-order valence-corrected chi connectivity index (χ3v) is 5.10. The number of hydrazone groups is 1. The van der Waals surface area contributed by atoms with Gasteiger partial charge in [0.05, 0.1) is 20.2 Å². The van der Waals surface area contributed by atoms with Gasteiger partial charge in [-0.2, -0.15) is 0 Å². The third-order valence-electron chi connectivity index (χ3n) is 5.10. The summed E-state index contributed by atoms with van der Waals surface area (Å²) in [4.78, 5) is 0. The van der Waals surface area contributed by atoms with Gasteiger partial charge in [0.15, 0.2) is 17.3 Å². The molecule has 5 rings (SSSR count). The zero-order valence-electron chi connectivity index (χ0n) is 16.6. The summed E-state index contributed by atoms with van der Waals surface area (Å²) in [6, 6.07) is 24.2. The molecule has 2 aliphatic rings. The SMILES string of the molecule is COc1ccc(CN2NN=C(c3ccccc3)N2Cc2ccc3c(c2)OCO3)cc1. The minimum absolute atomic E-state index is 0.268. The Labute approximate surface area is 175 Å². The van der Waals surface area contributed by atoms with Crippen LogP contribution in [0.1, 0.15) is 16.7 Å². The first-order valence-corrected chi connectivity index (χ1v) is 9.75. The summed E-state index contributed by atoms with van der Waals surface area (Å²) in [5, 5.41) is 8.75. The molecule has 0 unspecified atom stereocenters. The number of methoxy groups -OCH3 is 1. The molecular formula is C23H22N4O3. The largest absolute Gasteiger partial charge is 0.497 e. The lowest BCUT2D eigenvalue weighted by molar-refractivity contribution is 0.0000585. The number of ether oxygens (including phenoxy) is 3. The summed E-state index contributed by atoms with van der Waals surface area (Å²) >= 11 is 0. The molecule has 7 heteroatoms. The van der Waals surface area contributed by atoms with Crippen molar-refractivity contribution in [3.63, 3.8) is 0 Å². The number of nitrogens with one attached hydrogen (secondary N) is 1. The van der Waals surface area contributed by atoms with E-state index in [1.54, 1.807) is 7.11 Å². The van der Waals surface area contributed by atoms with Crippen molar-refractivity contribution in [2.45, 2.75) is 13.1 Å². The second-order valence-electron chi connectivity index (χ2n) is 7.05. The van der Waals surface area contributed by atoms with Gasteiger partial charge in [-0.05, 0) is 35.4 Å². The second-order valence-corrected chi connectivity index (χ2v) is 7.05. The summed E-state index contributed by atoms with van der Waals surface area (Å²) in [5.74, 6) is 3.26. The van der Waals surface area contributed by atoms with E-state index < -0.39 is 0 Å². The molecule has 152 valence electrons. The molecule has 0 bridgehead atoms. The van der Waals surface area contributed by atoms with Crippen molar-refractivity contribution in [1.82, 2.24) is 15.7 Å². The fourth-order valence-corrected chi connectivity index (χ4v) is 3.53. The second kappa shape index (κ2) is 7.96. The average molecular weight is 402 g/mol. The van der Waals surface area contributed by atoms with Gasteiger partial charge in [-0.15, -0.1) is 10.2 Å². The molecule has 2 aliphatic heterocycles. The van der Waals surface area contributed by atoms with Crippen LogP contribution in [0.25, 0.3) is 0 Å². The predicted octanol–water partition coefficient (Wildman–Crippen LogP) is 3.52. The molecule has 0 saturated carbocycles. The molecule has 1 N–H and O–H groups in total. The zero-order chi connectivity index (χ0) is 20.3. The molecular weight excluding hydrogens is 380 g/mol. The molecule has 0 amide bonds. The summed E-state index contributed by atoms with van der Waals surface area (Å²) in [6.07, 6.45) is 0. The normalized spacial score (nSPS) is 15.1. The number of rotatable bonds is 6. The zero-order valence-corrected chi connectivity index (χ0v) is 16.6. The van der Waals surface area contributed by atoms with E-state index in [1.165, 1.54) is 0 Å². The van der Waals surface area contributed by atoms with Crippen LogP contribution in [-0.4, -0.2) is 29.9 Å². The molecule has 0 fully saturated rings. The van der Waals surface area contributed by atoms with E-state index in [9.17, 15) is 0 Å². The van der Waals surface area contributed by atoms with Crippen molar-refractivity contribution >= 4 is 5.84 Å². The number of benzene rings is 3. The van der Waals surface area contributed by atoms with Gasteiger partial charge in [0, 0.05) is 5.56 Å². The Bertz CT molecular complexity index is 1050. The molecule has 7 nitrogen and oxygen atoms in total. The highest BCUT2D eigenvalue weighted by Crippen LogP contribution is 2.33. The smallest absolute Gasteiger partial charge is 0.231 e. The average Bonchev–Trinajstić information content (AvgIpc) is 3.42. The Morgan fingerprint density at radius 3 is 2.47 bits per heavy atom. The van der Waals surface area contributed by atoms with Crippen LogP contribution in [0.15, 0.2) is 77.9 Å². The number of nitrogens with zero attached hydrogens (tertiary/aromatic N) is 3. The molecule has 0 saturated heterocycles. The van der Waals surface area contributed by atoms with Crippen molar-refractivity contribution in [2.24, 2.45) is 5.10 Å². The van der Waals surface area contributed by atoms with Gasteiger partial charge in [-0.3, -0.25) is 5.01 Å². The molecule has 0 radical (unpaired) electrons. The molecule has 0 atom stereocenters.